The number of aromatic nitrogens is 2. The van der Waals surface area contributed by atoms with Crippen molar-refractivity contribution in [1.29, 1.82) is 0 Å². The highest BCUT2D eigenvalue weighted by atomic mass is 32.1. The minimum absolute atomic E-state index is 0.111. The fourth-order valence-electron chi connectivity index (χ4n) is 1.56. The van der Waals surface area contributed by atoms with Crippen molar-refractivity contribution in [2.45, 2.75) is 6.92 Å². The Labute approximate surface area is 111 Å². The number of anilines is 1. The van der Waals surface area contributed by atoms with Crippen molar-refractivity contribution < 1.29 is 4.79 Å². The molecule has 4 nitrogen and oxygen atoms in total. The van der Waals surface area contributed by atoms with Crippen LogP contribution in [0.25, 0.3) is 20.9 Å². The molecule has 0 radical (unpaired) electrons. The van der Waals surface area contributed by atoms with Gasteiger partial charge in [-0.2, -0.15) is 0 Å². The molecular formula is C12H9N3OS2. The molecule has 0 spiro atoms. The zero-order valence-corrected chi connectivity index (χ0v) is 11.1. The van der Waals surface area contributed by atoms with E-state index in [1.54, 1.807) is 11.3 Å². The number of amides is 1. The van der Waals surface area contributed by atoms with Crippen LogP contribution < -0.4 is 5.32 Å². The predicted octanol–water partition coefficient (Wildman–Crippen LogP) is 3.38. The predicted molar refractivity (Wildman–Crippen MR) is 75.0 cm³/mol. The monoisotopic (exact) mass is 275 g/mol. The number of fused-ring (bicyclic) bond motifs is 1. The number of benzene rings is 1. The highest BCUT2D eigenvalue weighted by Gasteiger charge is 2.10. The summed E-state index contributed by atoms with van der Waals surface area (Å²) in [5.41, 5.74) is 1.79. The lowest BCUT2D eigenvalue weighted by molar-refractivity contribution is -0.114. The number of nitrogens with one attached hydrogen (secondary N) is 1. The Morgan fingerprint density at radius 1 is 1.28 bits per heavy atom. The lowest BCUT2D eigenvalue weighted by Crippen LogP contribution is -2.04. The second-order valence-corrected chi connectivity index (χ2v) is 5.59. The molecular weight excluding hydrogens is 266 g/mol. The Morgan fingerprint density at radius 2 is 2.11 bits per heavy atom. The molecule has 3 rings (SSSR count). The van der Waals surface area contributed by atoms with Gasteiger partial charge in [-0.15, -0.1) is 22.7 Å². The Balaban J connectivity index is 1.98. The molecule has 0 fully saturated rings. The van der Waals surface area contributed by atoms with Gasteiger partial charge in [0.15, 0.2) is 5.13 Å². The number of nitrogens with zero attached hydrogens (tertiary/aromatic N) is 2. The molecule has 2 aromatic heterocycles. The standard InChI is InChI=1S/C12H9N3OS2/c1-7(16)13-12-15-9(6-17-12)11-14-8-4-2-3-5-10(8)18-11/h2-6H,1H3,(H,13,15,16). The Bertz CT molecular complexity index is 684. The van der Waals surface area contributed by atoms with Crippen molar-refractivity contribution in [3.8, 4) is 10.7 Å². The molecule has 1 amide bonds. The number of hydrogen-bond acceptors (Lipinski definition) is 5. The Kier molecular flexibility index (Phi) is 2.81. The van der Waals surface area contributed by atoms with Crippen LogP contribution in [0.2, 0.25) is 0 Å². The molecule has 1 aromatic carbocycles. The quantitative estimate of drug-likeness (QED) is 0.780. The molecule has 18 heavy (non-hydrogen) atoms. The smallest absolute Gasteiger partial charge is 0.223 e. The van der Waals surface area contributed by atoms with E-state index in [0.29, 0.717) is 5.13 Å². The Hall–Kier alpha value is -1.79. The first-order valence-electron chi connectivity index (χ1n) is 5.31. The van der Waals surface area contributed by atoms with E-state index in [1.807, 2.05) is 29.6 Å². The first kappa shape index (κ1) is 11.3. The number of hydrogen-bond donors (Lipinski definition) is 1. The molecule has 0 aliphatic rings. The maximum absolute atomic E-state index is 10.9. The molecule has 0 unspecified atom stereocenters. The van der Waals surface area contributed by atoms with Gasteiger partial charge in [-0.1, -0.05) is 12.1 Å². The van der Waals surface area contributed by atoms with Gasteiger partial charge in [0.25, 0.3) is 0 Å². The molecule has 0 saturated heterocycles. The van der Waals surface area contributed by atoms with Crippen molar-refractivity contribution in [1.82, 2.24) is 9.97 Å². The zero-order valence-electron chi connectivity index (χ0n) is 9.51. The Morgan fingerprint density at radius 3 is 2.89 bits per heavy atom. The van der Waals surface area contributed by atoms with Gasteiger partial charge in [0.05, 0.1) is 10.2 Å². The highest BCUT2D eigenvalue weighted by Crippen LogP contribution is 2.31. The molecule has 0 atom stereocenters. The van der Waals surface area contributed by atoms with Gasteiger partial charge in [0, 0.05) is 12.3 Å². The normalized spacial score (nSPS) is 10.7. The van der Waals surface area contributed by atoms with Gasteiger partial charge in [-0.05, 0) is 12.1 Å². The van der Waals surface area contributed by atoms with Crippen molar-refractivity contribution in [2.24, 2.45) is 0 Å². The van der Waals surface area contributed by atoms with Crippen molar-refractivity contribution in [3.63, 3.8) is 0 Å². The minimum Gasteiger partial charge on any atom is -0.302 e. The van der Waals surface area contributed by atoms with Crippen LogP contribution in [0.5, 0.6) is 0 Å². The molecule has 0 saturated carbocycles. The van der Waals surface area contributed by atoms with Crippen LogP contribution in [0.15, 0.2) is 29.6 Å². The topological polar surface area (TPSA) is 54.9 Å². The van der Waals surface area contributed by atoms with Crippen molar-refractivity contribution >= 4 is 43.9 Å². The molecule has 90 valence electrons. The molecule has 1 N–H and O–H groups in total. The van der Waals surface area contributed by atoms with Gasteiger partial charge in [0.1, 0.15) is 10.7 Å². The molecule has 0 aliphatic heterocycles. The average molecular weight is 275 g/mol. The zero-order chi connectivity index (χ0) is 12.5. The van der Waals surface area contributed by atoms with Crippen LogP contribution in [0, 0.1) is 0 Å². The van der Waals surface area contributed by atoms with Gasteiger partial charge >= 0.3 is 0 Å². The second kappa shape index (κ2) is 4.47. The summed E-state index contributed by atoms with van der Waals surface area (Å²) in [6.45, 7) is 1.47. The third-order valence-electron chi connectivity index (χ3n) is 2.30. The summed E-state index contributed by atoms with van der Waals surface area (Å²) in [5, 5.41) is 6.07. The van der Waals surface area contributed by atoms with E-state index in [2.05, 4.69) is 15.3 Å². The van der Waals surface area contributed by atoms with E-state index in [4.69, 9.17) is 0 Å². The summed E-state index contributed by atoms with van der Waals surface area (Å²) in [5.74, 6) is -0.111. The molecule has 6 heteroatoms. The number of carbonyl (C=O) groups excluding carboxylic acids is 1. The van der Waals surface area contributed by atoms with E-state index in [-0.39, 0.29) is 5.91 Å². The third-order valence-corrected chi connectivity index (χ3v) is 4.12. The number of carbonyl (C=O) groups is 1. The number of para-hydroxylation sites is 1. The summed E-state index contributed by atoms with van der Waals surface area (Å²) in [6.07, 6.45) is 0. The SMILES string of the molecule is CC(=O)Nc1nc(-c2nc3ccccc3s2)cs1. The van der Waals surface area contributed by atoms with Crippen LogP contribution in [0.1, 0.15) is 6.92 Å². The maximum atomic E-state index is 10.9. The first-order valence-corrected chi connectivity index (χ1v) is 7.01. The highest BCUT2D eigenvalue weighted by molar-refractivity contribution is 7.22. The van der Waals surface area contributed by atoms with E-state index >= 15 is 0 Å². The van der Waals surface area contributed by atoms with Crippen molar-refractivity contribution in [2.75, 3.05) is 5.32 Å². The largest absolute Gasteiger partial charge is 0.302 e. The van der Waals surface area contributed by atoms with Crippen LogP contribution in [-0.2, 0) is 4.79 Å². The van der Waals surface area contributed by atoms with Crippen LogP contribution in [0.4, 0.5) is 5.13 Å². The molecule has 3 aromatic rings. The van der Waals surface area contributed by atoms with Gasteiger partial charge < -0.3 is 5.32 Å². The second-order valence-electron chi connectivity index (χ2n) is 3.71. The molecule has 0 bridgehead atoms. The van der Waals surface area contributed by atoms with E-state index in [9.17, 15) is 4.79 Å². The lowest BCUT2D eigenvalue weighted by atomic mass is 10.3. The van der Waals surface area contributed by atoms with Crippen LogP contribution >= 0.6 is 22.7 Å². The van der Waals surface area contributed by atoms with Gasteiger partial charge in [-0.25, -0.2) is 9.97 Å². The van der Waals surface area contributed by atoms with E-state index < -0.39 is 0 Å². The van der Waals surface area contributed by atoms with Gasteiger partial charge in [0.2, 0.25) is 5.91 Å². The first-order chi connectivity index (χ1) is 8.72. The number of rotatable bonds is 2. The fraction of sp³-hybridized carbons (Fsp3) is 0.0833. The maximum Gasteiger partial charge on any atom is 0.223 e. The summed E-state index contributed by atoms with van der Waals surface area (Å²) in [4.78, 5) is 19.8. The third kappa shape index (κ3) is 2.12. The fourth-order valence-corrected chi connectivity index (χ4v) is 3.30. The minimum atomic E-state index is -0.111. The van der Waals surface area contributed by atoms with E-state index in [1.165, 1.54) is 18.3 Å². The molecule has 2 heterocycles. The average Bonchev–Trinajstić information content (AvgIpc) is 2.93. The van der Waals surface area contributed by atoms with E-state index in [0.717, 1.165) is 20.9 Å². The van der Waals surface area contributed by atoms with Crippen LogP contribution in [-0.4, -0.2) is 15.9 Å². The summed E-state index contributed by atoms with van der Waals surface area (Å²) in [7, 11) is 0. The molecule has 0 aliphatic carbocycles. The number of thiazole rings is 2. The summed E-state index contributed by atoms with van der Waals surface area (Å²) < 4.78 is 1.14. The van der Waals surface area contributed by atoms with Crippen molar-refractivity contribution in [3.05, 3.63) is 29.6 Å². The summed E-state index contributed by atoms with van der Waals surface area (Å²) in [6, 6.07) is 7.98. The lowest BCUT2D eigenvalue weighted by Gasteiger charge is -1.92. The summed E-state index contributed by atoms with van der Waals surface area (Å²) >= 11 is 3.01. The van der Waals surface area contributed by atoms with Crippen LogP contribution in [0.3, 0.4) is 0 Å². The van der Waals surface area contributed by atoms with Gasteiger partial charge in [-0.3, -0.25) is 4.79 Å².